The molecular weight excluding hydrogens is 368 g/mol. The van der Waals surface area contributed by atoms with Gasteiger partial charge in [0.25, 0.3) is 5.91 Å². The summed E-state index contributed by atoms with van der Waals surface area (Å²) in [6, 6.07) is 21.2. The highest BCUT2D eigenvalue weighted by atomic mass is 32.1. The molecule has 0 saturated carbocycles. The van der Waals surface area contributed by atoms with Gasteiger partial charge in [-0.2, -0.15) is 0 Å². The number of thiophene rings is 1. The Hall–Kier alpha value is -2.92. The number of hydrogen-bond donors (Lipinski definition) is 1. The molecule has 4 nitrogen and oxygen atoms in total. The molecule has 0 spiro atoms. The SMILES string of the molecule is CN1C(=O)c2ccccc2C(C(=O)NCCc2ccccc2)C1c1cccs1. The number of fused-ring (bicyclic) bond motifs is 1. The number of nitrogens with zero attached hydrogens (tertiary/aromatic N) is 1. The van der Waals surface area contributed by atoms with E-state index in [-0.39, 0.29) is 17.9 Å². The number of rotatable bonds is 5. The van der Waals surface area contributed by atoms with Crippen molar-refractivity contribution in [1.29, 1.82) is 0 Å². The van der Waals surface area contributed by atoms with E-state index in [1.165, 1.54) is 5.56 Å². The summed E-state index contributed by atoms with van der Waals surface area (Å²) in [4.78, 5) is 28.9. The van der Waals surface area contributed by atoms with Crippen LogP contribution in [0.1, 0.15) is 38.3 Å². The molecule has 2 aromatic carbocycles. The van der Waals surface area contributed by atoms with Crippen LogP contribution in [0, 0.1) is 0 Å². The zero-order valence-corrected chi connectivity index (χ0v) is 16.5. The molecule has 4 rings (SSSR count). The van der Waals surface area contributed by atoms with E-state index >= 15 is 0 Å². The fourth-order valence-corrected chi connectivity index (χ4v) is 4.76. The Balaban J connectivity index is 1.62. The molecule has 2 unspecified atom stereocenters. The van der Waals surface area contributed by atoms with E-state index in [0.29, 0.717) is 12.1 Å². The van der Waals surface area contributed by atoms with Gasteiger partial charge < -0.3 is 10.2 Å². The lowest BCUT2D eigenvalue weighted by Gasteiger charge is -2.39. The first kappa shape index (κ1) is 18.4. The maximum absolute atomic E-state index is 13.3. The molecule has 3 aromatic rings. The van der Waals surface area contributed by atoms with Crippen LogP contribution < -0.4 is 5.32 Å². The molecule has 2 heterocycles. The van der Waals surface area contributed by atoms with Crippen LogP contribution in [0.2, 0.25) is 0 Å². The van der Waals surface area contributed by atoms with Crippen LogP contribution in [-0.2, 0) is 11.2 Å². The van der Waals surface area contributed by atoms with Crippen LogP contribution in [0.3, 0.4) is 0 Å². The second kappa shape index (κ2) is 7.98. The molecule has 0 bridgehead atoms. The minimum atomic E-state index is -0.423. The molecule has 1 aliphatic rings. The van der Waals surface area contributed by atoms with E-state index in [1.54, 1.807) is 23.3 Å². The molecule has 0 saturated heterocycles. The molecule has 142 valence electrons. The third-order valence-electron chi connectivity index (χ3n) is 5.25. The largest absolute Gasteiger partial charge is 0.355 e. The summed E-state index contributed by atoms with van der Waals surface area (Å²) in [6.07, 6.45) is 0.777. The molecule has 1 N–H and O–H groups in total. The van der Waals surface area contributed by atoms with Gasteiger partial charge in [0.1, 0.15) is 0 Å². The van der Waals surface area contributed by atoms with Gasteiger partial charge >= 0.3 is 0 Å². The van der Waals surface area contributed by atoms with Crippen molar-refractivity contribution in [3.8, 4) is 0 Å². The summed E-state index contributed by atoms with van der Waals surface area (Å²) < 4.78 is 0. The standard InChI is InChI=1S/C23H22N2O2S/c1-25-21(19-12-7-15-28-19)20(17-10-5-6-11-18(17)23(25)27)22(26)24-14-13-16-8-3-2-4-9-16/h2-12,15,20-21H,13-14H2,1H3,(H,24,26). The third kappa shape index (κ3) is 3.45. The molecular formula is C23H22N2O2S. The lowest BCUT2D eigenvalue weighted by atomic mass is 9.81. The Morgan fingerprint density at radius 3 is 2.54 bits per heavy atom. The Labute approximate surface area is 168 Å². The molecule has 2 amide bonds. The van der Waals surface area contributed by atoms with E-state index in [2.05, 4.69) is 17.4 Å². The van der Waals surface area contributed by atoms with Gasteiger partial charge in [-0.3, -0.25) is 9.59 Å². The zero-order chi connectivity index (χ0) is 19.5. The number of nitrogens with one attached hydrogen (secondary N) is 1. The summed E-state index contributed by atoms with van der Waals surface area (Å²) in [7, 11) is 1.78. The molecule has 1 aliphatic heterocycles. The monoisotopic (exact) mass is 390 g/mol. The Morgan fingerprint density at radius 2 is 1.79 bits per heavy atom. The van der Waals surface area contributed by atoms with Gasteiger partial charge in [0, 0.05) is 24.0 Å². The topological polar surface area (TPSA) is 49.4 Å². The average Bonchev–Trinajstić information content (AvgIpc) is 3.25. The van der Waals surface area contributed by atoms with Crippen molar-refractivity contribution >= 4 is 23.2 Å². The van der Waals surface area contributed by atoms with Gasteiger partial charge in [0.2, 0.25) is 5.91 Å². The first-order valence-electron chi connectivity index (χ1n) is 9.38. The van der Waals surface area contributed by atoms with E-state index in [9.17, 15) is 9.59 Å². The molecule has 0 aliphatic carbocycles. The normalized spacial score (nSPS) is 18.6. The van der Waals surface area contributed by atoms with Gasteiger partial charge in [0.05, 0.1) is 12.0 Å². The van der Waals surface area contributed by atoms with Crippen LogP contribution >= 0.6 is 11.3 Å². The van der Waals surface area contributed by atoms with Crippen molar-refractivity contribution < 1.29 is 9.59 Å². The van der Waals surface area contributed by atoms with Crippen LogP contribution in [0.25, 0.3) is 0 Å². The summed E-state index contributed by atoms with van der Waals surface area (Å²) in [6.45, 7) is 0.566. The van der Waals surface area contributed by atoms with Gasteiger partial charge in [-0.15, -0.1) is 11.3 Å². The zero-order valence-electron chi connectivity index (χ0n) is 15.7. The lowest BCUT2D eigenvalue weighted by molar-refractivity contribution is -0.124. The first-order chi connectivity index (χ1) is 13.7. The Morgan fingerprint density at radius 1 is 1.04 bits per heavy atom. The van der Waals surface area contributed by atoms with E-state index in [0.717, 1.165) is 16.9 Å². The highest BCUT2D eigenvalue weighted by Crippen LogP contribution is 2.43. The highest BCUT2D eigenvalue weighted by Gasteiger charge is 2.42. The van der Waals surface area contributed by atoms with Gasteiger partial charge in [-0.05, 0) is 35.1 Å². The molecule has 2 atom stereocenters. The predicted octanol–water partition coefficient (Wildman–Crippen LogP) is 4.02. The number of likely N-dealkylation sites (N-methyl/N-ethyl adjacent to an activating group) is 1. The number of amides is 2. The summed E-state index contributed by atoms with van der Waals surface area (Å²) in [5.74, 6) is -0.503. The van der Waals surface area contributed by atoms with E-state index < -0.39 is 5.92 Å². The van der Waals surface area contributed by atoms with Crippen LogP contribution in [-0.4, -0.2) is 30.3 Å². The minimum Gasteiger partial charge on any atom is -0.355 e. The number of hydrogen-bond acceptors (Lipinski definition) is 3. The van der Waals surface area contributed by atoms with Gasteiger partial charge in [-0.1, -0.05) is 54.6 Å². The van der Waals surface area contributed by atoms with Crippen molar-refractivity contribution in [3.63, 3.8) is 0 Å². The fourth-order valence-electron chi connectivity index (χ4n) is 3.86. The Kier molecular flexibility index (Phi) is 5.26. The second-order valence-corrected chi connectivity index (χ2v) is 7.95. The van der Waals surface area contributed by atoms with Gasteiger partial charge in [-0.25, -0.2) is 0 Å². The number of carbonyl (C=O) groups excluding carboxylic acids is 2. The number of carbonyl (C=O) groups is 2. The smallest absolute Gasteiger partial charge is 0.254 e. The van der Waals surface area contributed by atoms with Crippen LogP contribution in [0.5, 0.6) is 0 Å². The summed E-state index contributed by atoms with van der Waals surface area (Å²) in [5, 5.41) is 5.08. The summed E-state index contributed by atoms with van der Waals surface area (Å²) in [5.41, 5.74) is 2.61. The van der Waals surface area contributed by atoms with E-state index in [4.69, 9.17) is 0 Å². The van der Waals surface area contributed by atoms with Gasteiger partial charge in [0.15, 0.2) is 0 Å². The van der Waals surface area contributed by atoms with Crippen molar-refractivity contribution in [3.05, 3.63) is 93.7 Å². The van der Waals surface area contributed by atoms with E-state index in [1.807, 2.05) is 60.0 Å². The molecule has 0 radical (unpaired) electrons. The average molecular weight is 391 g/mol. The Bertz CT molecular complexity index is 969. The first-order valence-corrected chi connectivity index (χ1v) is 10.3. The summed E-state index contributed by atoms with van der Waals surface area (Å²) >= 11 is 1.58. The van der Waals surface area contributed by atoms with Crippen LogP contribution in [0.4, 0.5) is 0 Å². The number of benzene rings is 2. The predicted molar refractivity (Wildman–Crippen MR) is 111 cm³/mol. The minimum absolute atomic E-state index is 0.0395. The maximum Gasteiger partial charge on any atom is 0.254 e. The fraction of sp³-hybridized carbons (Fsp3) is 0.217. The second-order valence-electron chi connectivity index (χ2n) is 6.97. The molecule has 1 aromatic heterocycles. The van der Waals surface area contributed by atoms with Crippen molar-refractivity contribution in [2.24, 2.45) is 0 Å². The van der Waals surface area contributed by atoms with Crippen LogP contribution in [0.15, 0.2) is 72.1 Å². The molecule has 28 heavy (non-hydrogen) atoms. The van der Waals surface area contributed by atoms with Crippen molar-refractivity contribution in [1.82, 2.24) is 10.2 Å². The van der Waals surface area contributed by atoms with Crippen molar-refractivity contribution in [2.45, 2.75) is 18.4 Å². The quantitative estimate of drug-likeness (QED) is 0.715. The molecule has 5 heteroatoms. The van der Waals surface area contributed by atoms with Crippen molar-refractivity contribution in [2.75, 3.05) is 13.6 Å². The molecule has 0 fully saturated rings. The lowest BCUT2D eigenvalue weighted by Crippen LogP contribution is -2.45. The highest BCUT2D eigenvalue weighted by molar-refractivity contribution is 7.10. The maximum atomic E-state index is 13.3. The third-order valence-corrected chi connectivity index (χ3v) is 6.20.